The first-order valence-electron chi connectivity index (χ1n) is 13.5. The van der Waals surface area contributed by atoms with Crippen LogP contribution in [-0.2, 0) is 9.59 Å². The van der Waals surface area contributed by atoms with E-state index < -0.39 is 23.6 Å². The topological polar surface area (TPSA) is 88.7 Å². The van der Waals surface area contributed by atoms with Gasteiger partial charge >= 0.3 is 5.97 Å². The van der Waals surface area contributed by atoms with Gasteiger partial charge in [-0.25, -0.2) is 19.2 Å². The van der Waals surface area contributed by atoms with Crippen LogP contribution in [0.25, 0.3) is 17.0 Å². The van der Waals surface area contributed by atoms with Gasteiger partial charge in [0.2, 0.25) is 5.91 Å². The molecule has 0 radical (unpaired) electrons. The van der Waals surface area contributed by atoms with E-state index in [4.69, 9.17) is 0 Å². The molecule has 1 aromatic heterocycles. The number of nitrogens with zero attached hydrogens (tertiary/aromatic N) is 2. The predicted molar refractivity (Wildman–Crippen MR) is 146 cm³/mol. The zero-order chi connectivity index (χ0) is 27.5. The Labute approximate surface area is 226 Å². The standard InChI is InChI=1S/C30H34F2N4O3/c1-19-16-20(17-25(31)28(19)32)6-7-27(37)35-12-8-22(9-13-35)29(30(38)39)34-36-14-10-21(11-15-36)24-18-33-26-5-3-2-4-23(24)26/h2-7,16-18,21-22,29,33-34H,8-15H2,1H3,(H,38,39)/b7-6+. The number of hydrazine groups is 1. The Morgan fingerprint density at radius 1 is 1.08 bits per heavy atom. The number of carboxylic acids is 1. The largest absolute Gasteiger partial charge is 0.480 e. The molecule has 2 fully saturated rings. The molecule has 3 N–H and O–H groups in total. The number of aryl methyl sites for hydroxylation is 1. The molecule has 0 aliphatic carbocycles. The van der Waals surface area contributed by atoms with Crippen molar-refractivity contribution in [1.29, 1.82) is 0 Å². The molecular formula is C30H34F2N4O3. The summed E-state index contributed by atoms with van der Waals surface area (Å²) in [6.07, 6.45) is 7.96. The number of halogens is 2. The van der Waals surface area contributed by atoms with Crippen molar-refractivity contribution in [1.82, 2.24) is 20.3 Å². The highest BCUT2D eigenvalue weighted by molar-refractivity contribution is 5.92. The van der Waals surface area contributed by atoms with Crippen LogP contribution in [0.3, 0.4) is 0 Å². The minimum Gasteiger partial charge on any atom is -0.480 e. The van der Waals surface area contributed by atoms with Crippen molar-refractivity contribution in [3.63, 3.8) is 0 Å². The first kappa shape index (κ1) is 27.0. The smallest absolute Gasteiger partial charge is 0.322 e. The van der Waals surface area contributed by atoms with Gasteiger partial charge in [0.25, 0.3) is 0 Å². The Morgan fingerprint density at radius 3 is 2.49 bits per heavy atom. The number of hydrogen-bond donors (Lipinski definition) is 3. The normalized spacial score (nSPS) is 18.7. The molecule has 2 saturated heterocycles. The fraction of sp³-hybridized carbons (Fsp3) is 0.400. The van der Waals surface area contributed by atoms with Gasteiger partial charge in [-0.15, -0.1) is 0 Å². The highest BCUT2D eigenvalue weighted by atomic mass is 19.2. The van der Waals surface area contributed by atoms with E-state index in [1.165, 1.54) is 36.1 Å². The number of carbonyl (C=O) groups excluding carboxylic acids is 1. The quantitative estimate of drug-likeness (QED) is 0.376. The van der Waals surface area contributed by atoms with E-state index in [0.717, 1.165) is 37.5 Å². The molecule has 5 rings (SSSR count). The number of likely N-dealkylation sites (tertiary alicyclic amines) is 1. The van der Waals surface area contributed by atoms with E-state index in [0.29, 0.717) is 37.4 Å². The van der Waals surface area contributed by atoms with Crippen LogP contribution in [0.1, 0.15) is 48.3 Å². The molecule has 1 atom stereocenters. The lowest BCUT2D eigenvalue weighted by atomic mass is 9.88. The first-order valence-corrected chi connectivity index (χ1v) is 13.5. The monoisotopic (exact) mass is 536 g/mol. The Bertz CT molecular complexity index is 1350. The molecule has 3 heterocycles. The third-order valence-electron chi connectivity index (χ3n) is 8.12. The predicted octanol–water partition coefficient (Wildman–Crippen LogP) is 4.84. The van der Waals surface area contributed by atoms with Crippen molar-refractivity contribution in [2.45, 2.75) is 44.6 Å². The molecule has 3 aromatic rings. The van der Waals surface area contributed by atoms with E-state index in [-0.39, 0.29) is 17.4 Å². The number of hydrogen-bond acceptors (Lipinski definition) is 4. The number of amides is 1. The van der Waals surface area contributed by atoms with Crippen molar-refractivity contribution >= 4 is 28.9 Å². The molecule has 2 aliphatic heterocycles. The summed E-state index contributed by atoms with van der Waals surface area (Å²) in [4.78, 5) is 29.9. The number of rotatable bonds is 7. The van der Waals surface area contributed by atoms with Gasteiger partial charge in [-0.3, -0.25) is 9.59 Å². The van der Waals surface area contributed by atoms with Crippen molar-refractivity contribution in [2.75, 3.05) is 26.2 Å². The van der Waals surface area contributed by atoms with Gasteiger partial charge < -0.3 is 15.0 Å². The molecule has 2 aromatic carbocycles. The number of nitrogens with one attached hydrogen (secondary N) is 2. The fourth-order valence-corrected chi connectivity index (χ4v) is 5.89. The number of aromatic amines is 1. The van der Waals surface area contributed by atoms with Crippen molar-refractivity contribution < 1.29 is 23.5 Å². The summed E-state index contributed by atoms with van der Waals surface area (Å²) in [7, 11) is 0. The number of carboxylic acid groups (broad SMARTS) is 1. The maximum Gasteiger partial charge on any atom is 0.322 e. The summed E-state index contributed by atoms with van der Waals surface area (Å²) in [5.74, 6) is -2.61. The summed E-state index contributed by atoms with van der Waals surface area (Å²) in [5.41, 5.74) is 6.33. The second kappa shape index (κ2) is 11.7. The lowest BCUT2D eigenvalue weighted by Crippen LogP contribution is -2.55. The second-order valence-electron chi connectivity index (χ2n) is 10.6. The van der Waals surface area contributed by atoms with Crippen LogP contribution >= 0.6 is 0 Å². The molecule has 206 valence electrons. The van der Waals surface area contributed by atoms with Gasteiger partial charge in [-0.1, -0.05) is 18.2 Å². The Kier molecular flexibility index (Phi) is 8.09. The molecule has 0 spiro atoms. The minimum atomic E-state index is -0.947. The minimum absolute atomic E-state index is 0.101. The summed E-state index contributed by atoms with van der Waals surface area (Å²) >= 11 is 0. The molecule has 0 bridgehead atoms. The summed E-state index contributed by atoms with van der Waals surface area (Å²) < 4.78 is 27.2. The Hall–Kier alpha value is -3.56. The van der Waals surface area contributed by atoms with Crippen LogP contribution in [0.5, 0.6) is 0 Å². The Morgan fingerprint density at radius 2 is 1.79 bits per heavy atom. The van der Waals surface area contributed by atoms with E-state index >= 15 is 0 Å². The molecular weight excluding hydrogens is 502 g/mol. The van der Waals surface area contributed by atoms with Gasteiger partial charge in [0.15, 0.2) is 11.6 Å². The summed E-state index contributed by atoms with van der Waals surface area (Å²) in [5, 5.41) is 13.3. The fourth-order valence-electron chi connectivity index (χ4n) is 5.89. The molecule has 39 heavy (non-hydrogen) atoms. The van der Waals surface area contributed by atoms with Crippen LogP contribution in [0.4, 0.5) is 8.78 Å². The Balaban J connectivity index is 1.13. The second-order valence-corrected chi connectivity index (χ2v) is 10.6. The average Bonchev–Trinajstić information content (AvgIpc) is 3.38. The maximum absolute atomic E-state index is 13.6. The number of fused-ring (bicyclic) bond motifs is 1. The molecule has 1 amide bonds. The number of piperidine rings is 2. The van der Waals surface area contributed by atoms with Crippen LogP contribution in [0, 0.1) is 24.5 Å². The van der Waals surface area contributed by atoms with E-state index in [2.05, 4.69) is 34.8 Å². The third-order valence-corrected chi connectivity index (χ3v) is 8.12. The van der Waals surface area contributed by atoms with Crippen LogP contribution < -0.4 is 5.43 Å². The SMILES string of the molecule is Cc1cc(/C=C/C(=O)N2CCC(C(NN3CCC(c4c[nH]c5ccccc45)CC3)C(=O)O)CC2)cc(F)c1F. The molecule has 9 heteroatoms. The van der Waals surface area contributed by atoms with E-state index in [1.807, 2.05) is 11.1 Å². The molecule has 2 aliphatic rings. The molecule has 0 saturated carbocycles. The zero-order valence-electron chi connectivity index (χ0n) is 22.0. The lowest BCUT2D eigenvalue weighted by molar-refractivity contribution is -0.144. The number of H-pyrrole nitrogens is 1. The number of carbonyl (C=O) groups is 2. The highest BCUT2D eigenvalue weighted by Gasteiger charge is 2.34. The number of para-hydroxylation sites is 1. The molecule has 7 nitrogen and oxygen atoms in total. The zero-order valence-corrected chi connectivity index (χ0v) is 22.0. The number of benzene rings is 2. The highest BCUT2D eigenvalue weighted by Crippen LogP contribution is 2.33. The van der Waals surface area contributed by atoms with Crippen molar-refractivity contribution in [3.8, 4) is 0 Å². The van der Waals surface area contributed by atoms with Crippen LogP contribution in [-0.4, -0.2) is 64.1 Å². The van der Waals surface area contributed by atoms with Gasteiger partial charge in [0, 0.05) is 49.4 Å². The van der Waals surface area contributed by atoms with E-state index in [1.54, 1.807) is 4.90 Å². The molecule has 1 unspecified atom stereocenters. The lowest BCUT2D eigenvalue weighted by Gasteiger charge is -2.38. The number of aliphatic carboxylic acids is 1. The van der Waals surface area contributed by atoms with Gasteiger partial charge in [-0.05, 0) is 85.4 Å². The first-order chi connectivity index (χ1) is 18.8. The summed E-state index contributed by atoms with van der Waals surface area (Å²) in [6.45, 7) is 3.89. The summed E-state index contributed by atoms with van der Waals surface area (Å²) in [6, 6.07) is 10.1. The van der Waals surface area contributed by atoms with E-state index in [9.17, 15) is 23.5 Å². The van der Waals surface area contributed by atoms with Crippen molar-refractivity contribution in [3.05, 3.63) is 77.0 Å². The third kappa shape index (κ3) is 6.04. The van der Waals surface area contributed by atoms with Gasteiger partial charge in [0.1, 0.15) is 6.04 Å². The average molecular weight is 537 g/mol. The van der Waals surface area contributed by atoms with Gasteiger partial charge in [0.05, 0.1) is 0 Å². The number of aromatic nitrogens is 1. The van der Waals surface area contributed by atoms with Crippen LogP contribution in [0.2, 0.25) is 0 Å². The van der Waals surface area contributed by atoms with Gasteiger partial charge in [-0.2, -0.15) is 0 Å². The maximum atomic E-state index is 13.6. The van der Waals surface area contributed by atoms with Crippen LogP contribution in [0.15, 0.2) is 48.7 Å². The van der Waals surface area contributed by atoms with Crippen molar-refractivity contribution in [2.24, 2.45) is 5.92 Å².